The van der Waals surface area contributed by atoms with Crippen LogP contribution in [0.2, 0.25) is 0 Å². The zero-order chi connectivity index (χ0) is 14.7. The number of fused-ring (bicyclic) bond motifs is 1. The van der Waals surface area contributed by atoms with Crippen LogP contribution < -0.4 is 10.6 Å². The van der Waals surface area contributed by atoms with Crippen molar-refractivity contribution in [2.45, 2.75) is 25.8 Å². The summed E-state index contributed by atoms with van der Waals surface area (Å²) in [4.78, 5) is 13.5. The van der Waals surface area contributed by atoms with E-state index in [4.69, 9.17) is 0 Å². The number of nitrogens with one attached hydrogen (secondary N) is 2. The molecule has 21 heavy (non-hydrogen) atoms. The fourth-order valence-electron chi connectivity index (χ4n) is 2.82. The zero-order valence-electron chi connectivity index (χ0n) is 12.2. The molecule has 1 aromatic heterocycles. The van der Waals surface area contributed by atoms with Crippen molar-refractivity contribution >= 4 is 17.2 Å². The lowest BCUT2D eigenvalue weighted by Gasteiger charge is -2.18. The summed E-state index contributed by atoms with van der Waals surface area (Å²) in [5.74, 6) is 0.0609. The zero-order valence-corrected chi connectivity index (χ0v) is 13.0. The molecule has 1 atom stereocenters. The summed E-state index contributed by atoms with van der Waals surface area (Å²) in [6.45, 7) is 3.77. The molecule has 1 aliphatic rings. The summed E-state index contributed by atoms with van der Waals surface area (Å²) >= 11 is 1.75. The standard InChI is InChI=1S/C17H20N2OS/c1-2-18-16(15-6-4-10-21-15)13-8-7-12-5-3-9-19-17(20)14(12)11-13/h4,6-8,10-11,16,18H,2-3,5,9H2,1H3,(H,19,20). The normalized spacial score (nSPS) is 16.0. The van der Waals surface area contributed by atoms with Gasteiger partial charge in [-0.15, -0.1) is 11.3 Å². The third kappa shape index (κ3) is 3.01. The number of rotatable bonds is 4. The van der Waals surface area contributed by atoms with E-state index in [1.54, 1.807) is 11.3 Å². The Kier molecular flexibility index (Phi) is 4.36. The number of aryl methyl sites for hydroxylation is 1. The van der Waals surface area contributed by atoms with Crippen molar-refractivity contribution in [1.82, 2.24) is 10.6 Å². The first-order valence-electron chi connectivity index (χ1n) is 7.47. The Balaban J connectivity index is 1.99. The van der Waals surface area contributed by atoms with Gasteiger partial charge in [-0.3, -0.25) is 4.79 Å². The van der Waals surface area contributed by atoms with Crippen LogP contribution in [0.1, 0.15) is 45.7 Å². The largest absolute Gasteiger partial charge is 0.352 e. The monoisotopic (exact) mass is 300 g/mol. The molecule has 1 amide bonds. The van der Waals surface area contributed by atoms with Crippen LogP contribution in [0.15, 0.2) is 35.7 Å². The van der Waals surface area contributed by atoms with Crippen LogP contribution >= 0.6 is 11.3 Å². The summed E-state index contributed by atoms with van der Waals surface area (Å²) in [6, 6.07) is 10.7. The molecular formula is C17H20N2OS. The molecule has 2 N–H and O–H groups in total. The summed E-state index contributed by atoms with van der Waals surface area (Å²) in [6.07, 6.45) is 1.98. The van der Waals surface area contributed by atoms with Gasteiger partial charge >= 0.3 is 0 Å². The third-order valence-corrected chi connectivity index (χ3v) is 4.79. The maximum Gasteiger partial charge on any atom is 0.251 e. The lowest BCUT2D eigenvalue weighted by molar-refractivity contribution is 0.0956. The highest BCUT2D eigenvalue weighted by Crippen LogP contribution is 2.28. The first kappa shape index (κ1) is 14.3. The van der Waals surface area contributed by atoms with Gasteiger partial charge in [-0.25, -0.2) is 0 Å². The smallest absolute Gasteiger partial charge is 0.251 e. The molecule has 0 fully saturated rings. The Morgan fingerprint density at radius 2 is 2.29 bits per heavy atom. The average molecular weight is 300 g/mol. The van der Waals surface area contributed by atoms with E-state index in [1.165, 1.54) is 4.88 Å². The predicted octanol–water partition coefficient (Wildman–Crippen LogP) is 3.12. The van der Waals surface area contributed by atoms with Crippen molar-refractivity contribution in [3.8, 4) is 0 Å². The van der Waals surface area contributed by atoms with Crippen LogP contribution in [-0.2, 0) is 6.42 Å². The van der Waals surface area contributed by atoms with Gasteiger partial charge in [-0.05, 0) is 48.0 Å². The SMILES string of the molecule is CCNC(c1ccc2c(c1)C(=O)NCCC2)c1cccs1. The highest BCUT2D eigenvalue weighted by Gasteiger charge is 2.19. The van der Waals surface area contributed by atoms with Crippen molar-refractivity contribution in [3.63, 3.8) is 0 Å². The van der Waals surface area contributed by atoms with Gasteiger partial charge in [0.2, 0.25) is 0 Å². The molecule has 0 saturated carbocycles. The van der Waals surface area contributed by atoms with Crippen LogP contribution in [0, 0.1) is 0 Å². The first-order chi connectivity index (χ1) is 10.3. The molecule has 0 bridgehead atoms. The maximum absolute atomic E-state index is 12.2. The topological polar surface area (TPSA) is 41.1 Å². The van der Waals surface area contributed by atoms with Crippen LogP contribution in [0.25, 0.3) is 0 Å². The Morgan fingerprint density at radius 3 is 3.05 bits per heavy atom. The van der Waals surface area contributed by atoms with E-state index in [0.717, 1.165) is 42.6 Å². The minimum absolute atomic E-state index is 0.0609. The summed E-state index contributed by atoms with van der Waals surface area (Å²) in [7, 11) is 0. The quantitative estimate of drug-likeness (QED) is 0.911. The lowest BCUT2D eigenvalue weighted by atomic mass is 9.96. The Labute approximate surface area is 129 Å². The van der Waals surface area contributed by atoms with Gasteiger partial charge in [0.1, 0.15) is 0 Å². The molecular weight excluding hydrogens is 280 g/mol. The Morgan fingerprint density at radius 1 is 1.38 bits per heavy atom. The molecule has 1 aliphatic heterocycles. The number of thiophene rings is 1. The Bertz CT molecular complexity index is 622. The lowest BCUT2D eigenvalue weighted by Crippen LogP contribution is -2.24. The second kappa shape index (κ2) is 6.41. The summed E-state index contributed by atoms with van der Waals surface area (Å²) < 4.78 is 0. The fraction of sp³-hybridized carbons (Fsp3) is 0.353. The molecule has 1 unspecified atom stereocenters. The van der Waals surface area contributed by atoms with E-state index < -0.39 is 0 Å². The van der Waals surface area contributed by atoms with E-state index >= 15 is 0 Å². The van der Waals surface area contributed by atoms with Crippen molar-refractivity contribution in [2.75, 3.05) is 13.1 Å². The second-order valence-electron chi connectivity index (χ2n) is 5.28. The van der Waals surface area contributed by atoms with Gasteiger partial charge in [0.25, 0.3) is 5.91 Å². The van der Waals surface area contributed by atoms with Crippen molar-refractivity contribution in [1.29, 1.82) is 0 Å². The molecule has 2 aromatic rings. The minimum atomic E-state index is 0.0609. The molecule has 4 heteroatoms. The highest BCUT2D eigenvalue weighted by atomic mass is 32.1. The van der Waals surface area contributed by atoms with Gasteiger partial charge in [0.05, 0.1) is 6.04 Å². The van der Waals surface area contributed by atoms with Crippen LogP contribution in [0.4, 0.5) is 0 Å². The van der Waals surface area contributed by atoms with Crippen molar-refractivity contribution in [2.24, 2.45) is 0 Å². The molecule has 3 rings (SSSR count). The number of carbonyl (C=O) groups excluding carboxylic acids is 1. The fourth-order valence-corrected chi connectivity index (χ4v) is 3.65. The Hall–Kier alpha value is -1.65. The number of hydrogen-bond donors (Lipinski definition) is 2. The minimum Gasteiger partial charge on any atom is -0.352 e. The second-order valence-corrected chi connectivity index (χ2v) is 6.26. The van der Waals surface area contributed by atoms with Crippen molar-refractivity contribution in [3.05, 3.63) is 57.3 Å². The molecule has 0 aliphatic carbocycles. The summed E-state index contributed by atoms with van der Waals surface area (Å²) in [5.41, 5.74) is 3.16. The number of hydrogen-bond acceptors (Lipinski definition) is 3. The molecule has 0 saturated heterocycles. The van der Waals surface area contributed by atoms with E-state index in [1.807, 2.05) is 0 Å². The number of amides is 1. The highest BCUT2D eigenvalue weighted by molar-refractivity contribution is 7.10. The van der Waals surface area contributed by atoms with Gasteiger partial charge in [-0.2, -0.15) is 0 Å². The molecule has 0 radical (unpaired) electrons. The number of carbonyl (C=O) groups is 1. The van der Waals surface area contributed by atoms with Crippen LogP contribution in [0.5, 0.6) is 0 Å². The predicted molar refractivity (Wildman–Crippen MR) is 86.9 cm³/mol. The van der Waals surface area contributed by atoms with Crippen LogP contribution in [0.3, 0.4) is 0 Å². The van der Waals surface area contributed by atoms with Crippen LogP contribution in [-0.4, -0.2) is 19.0 Å². The van der Waals surface area contributed by atoms with Gasteiger partial charge in [-0.1, -0.05) is 25.1 Å². The molecule has 1 aromatic carbocycles. The van der Waals surface area contributed by atoms with Gasteiger partial charge < -0.3 is 10.6 Å². The molecule has 2 heterocycles. The average Bonchev–Trinajstić information content (AvgIpc) is 2.96. The van der Waals surface area contributed by atoms with Gasteiger partial charge in [0.15, 0.2) is 0 Å². The first-order valence-corrected chi connectivity index (χ1v) is 8.35. The molecule has 0 spiro atoms. The van der Waals surface area contributed by atoms with E-state index in [2.05, 4.69) is 53.3 Å². The van der Waals surface area contributed by atoms with E-state index in [-0.39, 0.29) is 11.9 Å². The molecule has 110 valence electrons. The van der Waals surface area contributed by atoms with Gasteiger partial charge in [0, 0.05) is 17.0 Å². The number of benzene rings is 1. The van der Waals surface area contributed by atoms with E-state index in [0.29, 0.717) is 0 Å². The summed E-state index contributed by atoms with van der Waals surface area (Å²) in [5, 5.41) is 8.59. The van der Waals surface area contributed by atoms with Crippen molar-refractivity contribution < 1.29 is 4.79 Å². The molecule has 3 nitrogen and oxygen atoms in total. The third-order valence-electron chi connectivity index (χ3n) is 3.86. The van der Waals surface area contributed by atoms with E-state index in [9.17, 15) is 4.79 Å². The maximum atomic E-state index is 12.2.